The molecule has 142 valence electrons. The minimum atomic E-state index is 0.929. The molecule has 0 N–H and O–H groups in total. The van der Waals surface area contributed by atoms with E-state index in [0.717, 1.165) is 27.5 Å². The normalized spacial score (nSPS) is 13.1. The maximum atomic E-state index is 6.30. The number of benzene rings is 4. The maximum Gasteiger partial charge on any atom is 0.161 e. The zero-order valence-electron chi connectivity index (χ0n) is 15.8. The van der Waals surface area contributed by atoms with E-state index in [9.17, 15) is 0 Å². The van der Waals surface area contributed by atoms with E-state index in [-0.39, 0.29) is 0 Å². The fourth-order valence-electron chi connectivity index (χ4n) is 4.34. The largest absolute Gasteiger partial charge is 0.454 e. The van der Waals surface area contributed by atoms with Crippen LogP contribution in [0.1, 0.15) is 0 Å². The third kappa shape index (κ3) is 2.29. The third-order valence-corrected chi connectivity index (χ3v) is 8.20. The fraction of sp³-hybridized carbons (Fsp3) is 0. The maximum absolute atomic E-state index is 6.30. The van der Waals surface area contributed by atoms with Crippen LogP contribution in [0, 0.1) is 0 Å². The van der Waals surface area contributed by atoms with Gasteiger partial charge in [0, 0.05) is 36.0 Å². The Hall–Kier alpha value is -3.08. The predicted octanol–water partition coefficient (Wildman–Crippen LogP) is 8.15. The lowest BCUT2D eigenvalue weighted by Crippen LogP contribution is -1.96. The zero-order valence-corrected chi connectivity index (χ0v) is 17.5. The van der Waals surface area contributed by atoms with Gasteiger partial charge in [0.1, 0.15) is 11.1 Å². The third-order valence-electron chi connectivity index (χ3n) is 5.66. The van der Waals surface area contributed by atoms with Gasteiger partial charge in [0.05, 0.1) is 5.52 Å². The van der Waals surface area contributed by atoms with E-state index in [4.69, 9.17) is 4.42 Å². The number of furan rings is 1. The van der Waals surface area contributed by atoms with Crippen LogP contribution in [0.15, 0.2) is 115 Å². The Morgan fingerprint density at radius 1 is 0.600 bits per heavy atom. The van der Waals surface area contributed by atoms with Gasteiger partial charge in [-0.15, -0.1) is 0 Å². The van der Waals surface area contributed by atoms with Gasteiger partial charge in [-0.1, -0.05) is 59.9 Å². The van der Waals surface area contributed by atoms with Crippen LogP contribution in [0.3, 0.4) is 0 Å². The summed E-state index contributed by atoms with van der Waals surface area (Å²) in [6, 6.07) is 32.2. The van der Waals surface area contributed by atoms with Crippen molar-refractivity contribution in [1.29, 1.82) is 0 Å². The molecule has 30 heavy (non-hydrogen) atoms. The van der Waals surface area contributed by atoms with Crippen LogP contribution < -0.4 is 0 Å². The molecule has 0 bridgehead atoms. The highest BCUT2D eigenvalue weighted by Gasteiger charge is 2.21. The molecular formula is C26H15NOS2. The van der Waals surface area contributed by atoms with Crippen LogP contribution in [0.5, 0.6) is 0 Å². The molecule has 0 unspecified atom stereocenters. The summed E-state index contributed by atoms with van der Waals surface area (Å²) in [4.78, 5) is 5.27. The number of hydrogen-bond donors (Lipinski definition) is 0. The smallest absolute Gasteiger partial charge is 0.161 e. The summed E-state index contributed by atoms with van der Waals surface area (Å²) in [5.41, 5.74) is 5.36. The van der Waals surface area contributed by atoms with Gasteiger partial charge in [0.2, 0.25) is 0 Å². The second-order valence-corrected chi connectivity index (χ2v) is 9.58. The van der Waals surface area contributed by atoms with E-state index < -0.39 is 0 Å². The number of aromatic nitrogens is 1. The Morgan fingerprint density at radius 3 is 2.13 bits per heavy atom. The summed E-state index contributed by atoms with van der Waals surface area (Å²) in [5, 5.41) is 2.29. The fourth-order valence-corrected chi connectivity index (χ4v) is 6.59. The van der Waals surface area contributed by atoms with Crippen molar-refractivity contribution in [2.75, 3.05) is 0 Å². The second kappa shape index (κ2) is 6.21. The summed E-state index contributed by atoms with van der Waals surface area (Å²) in [7, 11) is 0. The molecule has 0 fully saturated rings. The molecule has 4 aromatic carbocycles. The molecule has 0 aliphatic carbocycles. The van der Waals surface area contributed by atoms with Crippen molar-refractivity contribution in [2.24, 2.45) is 0 Å². The standard InChI is InChI=1S/C26H15NOS2/c1-3-9-19-17(7-1)26-25(18-8-2-4-10-20(18)28-26)27(19)16-13-14-23-24(15-16)30-22-12-6-5-11-21(22)29-23/h1-15H. The second-order valence-electron chi connectivity index (χ2n) is 7.41. The van der Waals surface area contributed by atoms with E-state index in [1.54, 1.807) is 0 Å². The first-order valence-electron chi connectivity index (χ1n) is 9.87. The van der Waals surface area contributed by atoms with Crippen LogP contribution in [-0.2, 0) is 0 Å². The molecule has 6 aromatic rings. The van der Waals surface area contributed by atoms with Gasteiger partial charge >= 0.3 is 0 Å². The molecule has 4 heteroatoms. The lowest BCUT2D eigenvalue weighted by atomic mass is 10.2. The molecule has 2 nitrogen and oxygen atoms in total. The number of rotatable bonds is 1. The monoisotopic (exact) mass is 421 g/mol. The van der Waals surface area contributed by atoms with Crippen molar-refractivity contribution in [2.45, 2.75) is 19.6 Å². The molecule has 0 saturated carbocycles. The zero-order chi connectivity index (χ0) is 19.7. The molecule has 2 aromatic heterocycles. The molecule has 0 spiro atoms. The van der Waals surface area contributed by atoms with Crippen LogP contribution >= 0.6 is 23.5 Å². The minimum Gasteiger partial charge on any atom is -0.454 e. The van der Waals surface area contributed by atoms with Gasteiger partial charge in [-0.05, 0) is 54.6 Å². The van der Waals surface area contributed by atoms with Crippen LogP contribution in [0.4, 0.5) is 0 Å². The lowest BCUT2D eigenvalue weighted by molar-refractivity contribution is 0.673. The summed E-state index contributed by atoms with van der Waals surface area (Å²) in [6.45, 7) is 0. The van der Waals surface area contributed by atoms with Gasteiger partial charge in [-0.2, -0.15) is 0 Å². The van der Waals surface area contributed by atoms with Gasteiger partial charge in [0.25, 0.3) is 0 Å². The Bertz CT molecular complexity index is 1600. The van der Waals surface area contributed by atoms with E-state index in [2.05, 4.69) is 83.4 Å². The van der Waals surface area contributed by atoms with Crippen molar-refractivity contribution in [3.63, 3.8) is 0 Å². The molecule has 0 atom stereocenters. The Kier molecular flexibility index (Phi) is 3.45. The molecule has 3 heterocycles. The van der Waals surface area contributed by atoms with Gasteiger partial charge in [0.15, 0.2) is 5.58 Å². The van der Waals surface area contributed by atoms with E-state index in [0.29, 0.717) is 0 Å². The molecular weight excluding hydrogens is 406 g/mol. The van der Waals surface area contributed by atoms with Crippen LogP contribution in [0.2, 0.25) is 0 Å². The Balaban J connectivity index is 1.52. The quantitative estimate of drug-likeness (QED) is 0.266. The Labute approximate surface area is 181 Å². The average molecular weight is 422 g/mol. The summed E-state index contributed by atoms with van der Waals surface area (Å²) in [6.07, 6.45) is 0. The number of para-hydroxylation sites is 2. The highest BCUT2D eigenvalue weighted by Crippen LogP contribution is 2.49. The summed E-state index contributed by atoms with van der Waals surface area (Å²) in [5.74, 6) is 0. The highest BCUT2D eigenvalue weighted by molar-refractivity contribution is 8.05. The van der Waals surface area contributed by atoms with E-state index >= 15 is 0 Å². The topological polar surface area (TPSA) is 18.1 Å². The first-order chi connectivity index (χ1) is 14.9. The molecule has 1 aliphatic rings. The molecule has 0 radical (unpaired) electrons. The Morgan fingerprint density at radius 2 is 1.27 bits per heavy atom. The predicted molar refractivity (Wildman–Crippen MR) is 125 cm³/mol. The molecule has 0 amide bonds. The van der Waals surface area contributed by atoms with Gasteiger partial charge in [-0.3, -0.25) is 0 Å². The minimum absolute atomic E-state index is 0.929. The van der Waals surface area contributed by atoms with Crippen molar-refractivity contribution in [1.82, 2.24) is 4.57 Å². The average Bonchev–Trinajstić information content (AvgIpc) is 3.32. The summed E-state index contributed by atoms with van der Waals surface area (Å²) >= 11 is 3.70. The van der Waals surface area contributed by atoms with Crippen LogP contribution in [-0.4, -0.2) is 4.57 Å². The van der Waals surface area contributed by atoms with Crippen molar-refractivity contribution < 1.29 is 4.42 Å². The first-order valence-corrected chi connectivity index (χ1v) is 11.5. The number of nitrogens with zero attached hydrogens (tertiary/aromatic N) is 1. The summed E-state index contributed by atoms with van der Waals surface area (Å²) < 4.78 is 8.65. The van der Waals surface area contributed by atoms with E-state index in [1.807, 2.05) is 35.7 Å². The molecule has 1 aliphatic heterocycles. The first kappa shape index (κ1) is 16.7. The lowest BCUT2D eigenvalue weighted by Gasteiger charge is -2.19. The van der Waals surface area contributed by atoms with Crippen molar-refractivity contribution >= 4 is 56.5 Å². The highest BCUT2D eigenvalue weighted by atomic mass is 32.2. The number of hydrogen-bond acceptors (Lipinski definition) is 3. The SMILES string of the molecule is c1ccc2c(c1)Sc1ccc(-n3c4ccccc4c4oc5ccccc5c43)cc1S2. The van der Waals surface area contributed by atoms with Crippen molar-refractivity contribution in [3.8, 4) is 5.69 Å². The van der Waals surface area contributed by atoms with Crippen LogP contribution in [0.25, 0.3) is 38.7 Å². The van der Waals surface area contributed by atoms with Crippen molar-refractivity contribution in [3.05, 3.63) is 91.0 Å². The van der Waals surface area contributed by atoms with E-state index in [1.165, 1.54) is 30.8 Å². The van der Waals surface area contributed by atoms with Gasteiger partial charge in [-0.25, -0.2) is 0 Å². The molecule has 0 saturated heterocycles. The van der Waals surface area contributed by atoms with Gasteiger partial charge < -0.3 is 8.98 Å². The number of fused-ring (bicyclic) bond motifs is 7. The molecule has 7 rings (SSSR count).